The summed E-state index contributed by atoms with van der Waals surface area (Å²) in [5.41, 5.74) is 3.10. The maximum atomic E-state index is 6.00. The number of para-hydroxylation sites is 1. The third kappa shape index (κ3) is 1.93. The first-order valence-electron chi connectivity index (χ1n) is 5.58. The smallest absolute Gasteiger partial charge is 0.129 e. The molecule has 0 aliphatic rings. The Morgan fingerprint density at radius 3 is 2.61 bits per heavy atom. The van der Waals surface area contributed by atoms with E-state index < -0.39 is 0 Å². The molecule has 0 amide bonds. The van der Waals surface area contributed by atoms with E-state index in [-0.39, 0.29) is 0 Å². The summed E-state index contributed by atoms with van der Waals surface area (Å²) in [6, 6.07) is 16.2. The van der Waals surface area contributed by atoms with Crippen molar-refractivity contribution in [1.29, 1.82) is 0 Å². The number of halogens is 2. The monoisotopic (exact) mass is 320 g/mol. The Morgan fingerprint density at radius 1 is 1.11 bits per heavy atom. The lowest BCUT2D eigenvalue weighted by atomic mass is 10.3. The zero-order valence-corrected chi connectivity index (χ0v) is 11.8. The molecule has 0 fully saturated rings. The quantitative estimate of drug-likeness (QED) is 0.634. The molecular formula is C14H10BrClN2. The second-order valence-corrected chi connectivity index (χ2v) is 5.15. The van der Waals surface area contributed by atoms with Gasteiger partial charge in [-0.25, -0.2) is 4.98 Å². The van der Waals surface area contributed by atoms with E-state index in [1.807, 2.05) is 30.3 Å². The van der Waals surface area contributed by atoms with E-state index in [2.05, 4.69) is 43.7 Å². The summed E-state index contributed by atoms with van der Waals surface area (Å²) in [6.07, 6.45) is 0. The van der Waals surface area contributed by atoms with Crippen molar-refractivity contribution < 1.29 is 0 Å². The average Bonchev–Trinajstić information content (AvgIpc) is 2.77. The lowest BCUT2D eigenvalue weighted by Gasteiger charge is -2.07. The summed E-state index contributed by atoms with van der Waals surface area (Å²) >= 11 is 9.49. The Kier molecular flexibility index (Phi) is 3.10. The zero-order chi connectivity index (χ0) is 12.5. The van der Waals surface area contributed by atoms with Crippen LogP contribution in [-0.2, 0) is 5.88 Å². The molecule has 0 bridgehead atoms. The van der Waals surface area contributed by atoms with Crippen LogP contribution in [-0.4, -0.2) is 9.55 Å². The van der Waals surface area contributed by atoms with Gasteiger partial charge in [-0.15, -0.1) is 11.6 Å². The lowest BCUT2D eigenvalue weighted by Crippen LogP contribution is -1.98. The molecule has 3 aromatic rings. The predicted molar refractivity (Wildman–Crippen MR) is 78.3 cm³/mol. The highest BCUT2D eigenvalue weighted by Crippen LogP contribution is 2.25. The topological polar surface area (TPSA) is 17.8 Å². The van der Waals surface area contributed by atoms with Gasteiger partial charge in [0.1, 0.15) is 5.82 Å². The number of alkyl halides is 1. The Balaban J connectivity index is 2.35. The molecule has 0 spiro atoms. The van der Waals surface area contributed by atoms with Gasteiger partial charge < -0.3 is 0 Å². The standard InChI is InChI=1S/C14H10BrClN2/c15-10-6-7-12-13(8-10)18(14(9-16)17-12)11-4-2-1-3-5-11/h1-8H,9H2. The van der Waals surface area contributed by atoms with Crippen molar-refractivity contribution in [2.24, 2.45) is 0 Å². The highest BCUT2D eigenvalue weighted by molar-refractivity contribution is 9.10. The first kappa shape index (κ1) is 11.8. The fourth-order valence-electron chi connectivity index (χ4n) is 2.05. The molecule has 18 heavy (non-hydrogen) atoms. The summed E-state index contributed by atoms with van der Waals surface area (Å²) in [6.45, 7) is 0. The van der Waals surface area contributed by atoms with E-state index in [1.54, 1.807) is 0 Å². The van der Waals surface area contributed by atoms with Crippen molar-refractivity contribution >= 4 is 38.6 Å². The first-order chi connectivity index (χ1) is 8.79. The number of fused-ring (bicyclic) bond motifs is 1. The molecule has 0 saturated carbocycles. The molecule has 4 heteroatoms. The van der Waals surface area contributed by atoms with Crippen molar-refractivity contribution in [3.05, 3.63) is 58.8 Å². The van der Waals surface area contributed by atoms with Crippen LogP contribution in [0.2, 0.25) is 0 Å². The highest BCUT2D eigenvalue weighted by Gasteiger charge is 2.11. The SMILES string of the molecule is ClCc1nc2ccc(Br)cc2n1-c1ccccc1. The number of imidazole rings is 1. The van der Waals surface area contributed by atoms with Gasteiger partial charge in [0.2, 0.25) is 0 Å². The molecule has 90 valence electrons. The van der Waals surface area contributed by atoms with Gasteiger partial charge in [0.15, 0.2) is 0 Å². The summed E-state index contributed by atoms with van der Waals surface area (Å²) in [7, 11) is 0. The predicted octanol–water partition coefficient (Wildman–Crippen LogP) is 4.53. The van der Waals surface area contributed by atoms with Gasteiger partial charge >= 0.3 is 0 Å². The van der Waals surface area contributed by atoms with Crippen molar-refractivity contribution in [1.82, 2.24) is 9.55 Å². The Morgan fingerprint density at radius 2 is 1.89 bits per heavy atom. The molecule has 0 saturated heterocycles. The van der Waals surface area contributed by atoms with Crippen LogP contribution in [0.1, 0.15) is 5.82 Å². The molecule has 2 aromatic carbocycles. The minimum absolute atomic E-state index is 0.390. The van der Waals surface area contributed by atoms with Crippen molar-refractivity contribution in [3.8, 4) is 5.69 Å². The van der Waals surface area contributed by atoms with E-state index in [0.29, 0.717) is 5.88 Å². The number of nitrogens with zero attached hydrogens (tertiary/aromatic N) is 2. The summed E-state index contributed by atoms with van der Waals surface area (Å²) in [5.74, 6) is 1.25. The minimum Gasteiger partial charge on any atom is -0.295 e. The Bertz CT molecular complexity index is 692. The minimum atomic E-state index is 0.390. The Labute approximate surface area is 118 Å². The van der Waals surface area contributed by atoms with E-state index in [4.69, 9.17) is 11.6 Å². The largest absolute Gasteiger partial charge is 0.295 e. The summed E-state index contributed by atoms with van der Waals surface area (Å²) in [5, 5.41) is 0. The highest BCUT2D eigenvalue weighted by atomic mass is 79.9. The summed E-state index contributed by atoms with van der Waals surface area (Å²) < 4.78 is 3.13. The molecule has 0 atom stereocenters. The van der Waals surface area contributed by atoms with E-state index in [9.17, 15) is 0 Å². The molecule has 0 radical (unpaired) electrons. The normalized spacial score (nSPS) is 11.0. The van der Waals surface area contributed by atoms with Gasteiger partial charge in [0.05, 0.1) is 16.9 Å². The van der Waals surface area contributed by atoms with Crippen LogP contribution < -0.4 is 0 Å². The van der Waals surface area contributed by atoms with Gasteiger partial charge in [-0.2, -0.15) is 0 Å². The van der Waals surface area contributed by atoms with Crippen LogP contribution in [0.3, 0.4) is 0 Å². The maximum Gasteiger partial charge on any atom is 0.129 e. The van der Waals surface area contributed by atoms with Crippen LogP contribution in [0.4, 0.5) is 0 Å². The van der Waals surface area contributed by atoms with Gasteiger partial charge in [-0.3, -0.25) is 4.57 Å². The lowest BCUT2D eigenvalue weighted by molar-refractivity contribution is 0.982. The van der Waals surface area contributed by atoms with E-state index in [0.717, 1.165) is 27.0 Å². The molecule has 1 heterocycles. The molecular weight excluding hydrogens is 312 g/mol. The van der Waals surface area contributed by atoms with Crippen LogP contribution in [0.15, 0.2) is 53.0 Å². The fourth-order valence-corrected chi connectivity index (χ4v) is 2.58. The molecule has 2 nitrogen and oxygen atoms in total. The Hall–Kier alpha value is -1.32. The molecule has 1 aromatic heterocycles. The number of hydrogen-bond acceptors (Lipinski definition) is 1. The van der Waals surface area contributed by atoms with Gasteiger partial charge in [0.25, 0.3) is 0 Å². The second-order valence-electron chi connectivity index (χ2n) is 3.97. The maximum absolute atomic E-state index is 6.00. The van der Waals surface area contributed by atoms with Gasteiger partial charge in [0, 0.05) is 10.2 Å². The fraction of sp³-hybridized carbons (Fsp3) is 0.0714. The molecule has 0 N–H and O–H groups in total. The van der Waals surface area contributed by atoms with E-state index >= 15 is 0 Å². The van der Waals surface area contributed by atoms with Crippen LogP contribution in [0, 0.1) is 0 Å². The molecule has 3 rings (SSSR count). The number of aromatic nitrogens is 2. The first-order valence-corrected chi connectivity index (χ1v) is 6.90. The van der Waals surface area contributed by atoms with Crippen molar-refractivity contribution in [3.63, 3.8) is 0 Å². The van der Waals surface area contributed by atoms with Crippen LogP contribution >= 0.6 is 27.5 Å². The molecule has 0 aliphatic carbocycles. The van der Waals surface area contributed by atoms with Crippen LogP contribution in [0.5, 0.6) is 0 Å². The van der Waals surface area contributed by atoms with Crippen LogP contribution in [0.25, 0.3) is 16.7 Å². The van der Waals surface area contributed by atoms with Crippen molar-refractivity contribution in [2.75, 3.05) is 0 Å². The van der Waals surface area contributed by atoms with Gasteiger partial charge in [-0.05, 0) is 30.3 Å². The number of hydrogen-bond donors (Lipinski definition) is 0. The second kappa shape index (κ2) is 4.75. The molecule has 0 unspecified atom stereocenters. The number of benzene rings is 2. The third-order valence-corrected chi connectivity index (χ3v) is 3.55. The van der Waals surface area contributed by atoms with E-state index in [1.165, 1.54) is 0 Å². The zero-order valence-electron chi connectivity index (χ0n) is 9.48. The van der Waals surface area contributed by atoms with Crippen molar-refractivity contribution in [2.45, 2.75) is 5.88 Å². The third-order valence-electron chi connectivity index (χ3n) is 2.82. The average molecular weight is 322 g/mol. The molecule has 0 aliphatic heterocycles. The number of rotatable bonds is 2. The summed E-state index contributed by atoms with van der Waals surface area (Å²) in [4.78, 5) is 4.56. The van der Waals surface area contributed by atoms with Gasteiger partial charge in [-0.1, -0.05) is 34.1 Å².